The van der Waals surface area contributed by atoms with E-state index >= 15 is 0 Å². The second-order valence-electron chi connectivity index (χ2n) is 9.40. The van der Waals surface area contributed by atoms with Crippen molar-refractivity contribution in [1.29, 1.82) is 0 Å². The molecular formula is C30H38O6. The number of ether oxygens (including phenoxy) is 4. The number of rotatable bonds is 12. The van der Waals surface area contributed by atoms with Crippen molar-refractivity contribution in [2.75, 3.05) is 34.2 Å². The molecular weight excluding hydrogens is 456 g/mol. The maximum atomic E-state index is 14.2. The maximum absolute atomic E-state index is 14.2. The summed E-state index contributed by atoms with van der Waals surface area (Å²) >= 11 is 0. The minimum atomic E-state index is -0.359. The molecule has 36 heavy (non-hydrogen) atoms. The predicted molar refractivity (Wildman–Crippen MR) is 141 cm³/mol. The van der Waals surface area contributed by atoms with Crippen molar-refractivity contribution in [3.63, 3.8) is 0 Å². The van der Waals surface area contributed by atoms with Gasteiger partial charge in [-0.05, 0) is 45.1 Å². The molecule has 2 aromatic rings. The first kappa shape index (κ1) is 27.5. The van der Waals surface area contributed by atoms with Crippen molar-refractivity contribution in [3.8, 4) is 17.2 Å². The van der Waals surface area contributed by atoms with Gasteiger partial charge >= 0.3 is 0 Å². The van der Waals surface area contributed by atoms with Gasteiger partial charge in [0, 0.05) is 31.1 Å². The molecule has 0 radical (unpaired) electrons. The standard InChI is InChI=1S/C30H38O6/c1-20(2)11-13-24-21(3)12-14-25(28(24)22-9-7-6-8-10-22)30(32)29-26(31)17-23(34-5)18-27(29)36-19-35-16-15-33-4/h6-12,17-18,24-25,28,31H,13-16,19H2,1-5H3/t24-,25-,28-/m1/s1. The molecule has 1 N–H and O–H groups in total. The second-order valence-corrected chi connectivity index (χ2v) is 9.40. The molecule has 0 spiro atoms. The third-order valence-electron chi connectivity index (χ3n) is 6.71. The summed E-state index contributed by atoms with van der Waals surface area (Å²) in [6.45, 7) is 7.04. The molecule has 0 fully saturated rings. The summed E-state index contributed by atoms with van der Waals surface area (Å²) in [6, 6.07) is 13.3. The normalized spacial score (nSPS) is 19.4. The van der Waals surface area contributed by atoms with Gasteiger partial charge in [0.25, 0.3) is 0 Å². The lowest BCUT2D eigenvalue weighted by atomic mass is 9.65. The SMILES string of the molecule is COCCOCOc1cc(OC)cc(O)c1C(=O)[C@@H]1CC=C(C)[C@@H](CC=C(C)C)[C@H]1c1ccccc1. The fraction of sp³-hybridized carbons (Fsp3) is 0.433. The van der Waals surface area contributed by atoms with Crippen LogP contribution >= 0.6 is 0 Å². The van der Waals surface area contributed by atoms with Crippen molar-refractivity contribution >= 4 is 5.78 Å². The highest BCUT2D eigenvalue weighted by molar-refractivity contribution is 6.03. The van der Waals surface area contributed by atoms with Gasteiger partial charge in [-0.25, -0.2) is 0 Å². The Bertz CT molecular complexity index is 1070. The zero-order valence-corrected chi connectivity index (χ0v) is 22.0. The van der Waals surface area contributed by atoms with Crippen LogP contribution in [0.2, 0.25) is 0 Å². The van der Waals surface area contributed by atoms with Gasteiger partial charge in [0.1, 0.15) is 22.8 Å². The van der Waals surface area contributed by atoms with Crippen molar-refractivity contribution in [3.05, 3.63) is 76.9 Å². The molecule has 1 aliphatic carbocycles. The highest BCUT2D eigenvalue weighted by atomic mass is 16.7. The van der Waals surface area contributed by atoms with E-state index in [0.29, 0.717) is 25.4 Å². The summed E-state index contributed by atoms with van der Waals surface area (Å²) in [5.41, 5.74) is 3.81. The van der Waals surface area contributed by atoms with Crippen LogP contribution in [0.25, 0.3) is 0 Å². The first-order valence-corrected chi connectivity index (χ1v) is 12.4. The Labute approximate surface area is 214 Å². The Kier molecular flexibility index (Phi) is 10.1. The van der Waals surface area contributed by atoms with E-state index in [1.807, 2.05) is 18.2 Å². The Morgan fingerprint density at radius 2 is 1.86 bits per heavy atom. The number of methoxy groups -OCH3 is 2. The van der Waals surface area contributed by atoms with Crippen LogP contribution in [0.15, 0.2) is 65.8 Å². The number of allylic oxidation sites excluding steroid dienone is 4. The number of Topliss-reactive ketones (excluding diaryl/α,β-unsaturated/α-hetero) is 1. The van der Waals surface area contributed by atoms with Crippen LogP contribution in [0, 0.1) is 11.8 Å². The second kappa shape index (κ2) is 13.3. The molecule has 0 unspecified atom stereocenters. The number of aromatic hydroxyl groups is 1. The Hall–Kier alpha value is -3.09. The van der Waals surface area contributed by atoms with Crippen LogP contribution in [0.4, 0.5) is 0 Å². The fourth-order valence-corrected chi connectivity index (χ4v) is 4.83. The average molecular weight is 495 g/mol. The molecule has 6 heteroatoms. The average Bonchev–Trinajstić information content (AvgIpc) is 2.87. The molecule has 0 aromatic heterocycles. The van der Waals surface area contributed by atoms with E-state index < -0.39 is 0 Å². The van der Waals surface area contributed by atoms with Gasteiger partial charge < -0.3 is 24.1 Å². The van der Waals surface area contributed by atoms with Gasteiger partial charge in [-0.1, -0.05) is 53.6 Å². The topological polar surface area (TPSA) is 74.2 Å². The van der Waals surface area contributed by atoms with Gasteiger partial charge in [-0.3, -0.25) is 4.79 Å². The molecule has 2 aromatic carbocycles. The number of hydrogen-bond acceptors (Lipinski definition) is 6. The number of phenols is 1. The van der Waals surface area contributed by atoms with Gasteiger partial charge in [0.15, 0.2) is 12.6 Å². The fourth-order valence-electron chi connectivity index (χ4n) is 4.83. The van der Waals surface area contributed by atoms with Crippen molar-refractivity contribution < 1.29 is 28.8 Å². The van der Waals surface area contributed by atoms with Crippen LogP contribution in [0.1, 0.15) is 55.5 Å². The number of phenolic OH excluding ortho intramolecular Hbond substituents is 1. The molecule has 3 atom stereocenters. The zero-order valence-electron chi connectivity index (χ0n) is 22.0. The van der Waals surface area contributed by atoms with Gasteiger partial charge in [-0.2, -0.15) is 0 Å². The molecule has 3 rings (SSSR count). The lowest BCUT2D eigenvalue weighted by molar-refractivity contribution is -0.00895. The lowest BCUT2D eigenvalue weighted by Gasteiger charge is -2.37. The van der Waals surface area contributed by atoms with Crippen LogP contribution in [0.5, 0.6) is 17.2 Å². The Morgan fingerprint density at radius 1 is 1.11 bits per heavy atom. The van der Waals surface area contributed by atoms with E-state index in [2.05, 4.69) is 45.1 Å². The van der Waals surface area contributed by atoms with Crippen molar-refractivity contribution in [1.82, 2.24) is 0 Å². The minimum Gasteiger partial charge on any atom is -0.507 e. The van der Waals surface area contributed by atoms with E-state index in [4.69, 9.17) is 18.9 Å². The number of carbonyl (C=O) groups excluding carboxylic acids is 1. The van der Waals surface area contributed by atoms with E-state index in [0.717, 1.165) is 12.0 Å². The highest BCUT2D eigenvalue weighted by Gasteiger charge is 2.40. The summed E-state index contributed by atoms with van der Waals surface area (Å²) in [4.78, 5) is 14.2. The lowest BCUT2D eigenvalue weighted by Crippen LogP contribution is -2.32. The summed E-state index contributed by atoms with van der Waals surface area (Å²) in [5, 5.41) is 10.9. The van der Waals surface area contributed by atoms with E-state index in [1.54, 1.807) is 13.2 Å². The largest absolute Gasteiger partial charge is 0.507 e. The van der Waals surface area contributed by atoms with E-state index in [9.17, 15) is 9.90 Å². The van der Waals surface area contributed by atoms with Gasteiger partial charge in [0.2, 0.25) is 0 Å². The highest BCUT2D eigenvalue weighted by Crippen LogP contribution is 2.47. The molecule has 0 bridgehead atoms. The predicted octanol–water partition coefficient (Wildman–Crippen LogP) is 6.31. The maximum Gasteiger partial charge on any atom is 0.189 e. The number of benzene rings is 2. The summed E-state index contributed by atoms with van der Waals surface area (Å²) in [5.74, 6) is 0.109. The van der Waals surface area contributed by atoms with Crippen molar-refractivity contribution in [2.45, 2.75) is 39.5 Å². The van der Waals surface area contributed by atoms with E-state index in [-0.39, 0.29) is 47.4 Å². The third-order valence-corrected chi connectivity index (χ3v) is 6.71. The van der Waals surface area contributed by atoms with Crippen LogP contribution < -0.4 is 9.47 Å². The van der Waals surface area contributed by atoms with Crippen LogP contribution in [0.3, 0.4) is 0 Å². The van der Waals surface area contributed by atoms with Gasteiger partial charge in [0.05, 0.1) is 20.3 Å². The molecule has 0 amide bonds. The third kappa shape index (κ3) is 6.77. The smallest absolute Gasteiger partial charge is 0.189 e. The molecule has 1 aliphatic rings. The molecule has 194 valence electrons. The number of hydrogen-bond donors (Lipinski definition) is 1. The summed E-state index contributed by atoms with van der Waals surface area (Å²) in [6.07, 6.45) is 5.84. The first-order valence-electron chi connectivity index (χ1n) is 12.4. The summed E-state index contributed by atoms with van der Waals surface area (Å²) in [7, 11) is 3.10. The number of ketones is 1. The number of carbonyl (C=O) groups is 1. The Balaban J connectivity index is 2.01. The zero-order chi connectivity index (χ0) is 26.1. The monoisotopic (exact) mass is 494 g/mol. The minimum absolute atomic E-state index is 0.0356. The molecule has 0 saturated heterocycles. The van der Waals surface area contributed by atoms with Gasteiger partial charge in [-0.15, -0.1) is 0 Å². The molecule has 6 nitrogen and oxygen atoms in total. The van der Waals surface area contributed by atoms with Crippen LogP contribution in [-0.4, -0.2) is 45.1 Å². The molecule has 0 heterocycles. The Morgan fingerprint density at radius 3 is 2.53 bits per heavy atom. The quantitative estimate of drug-likeness (QED) is 0.161. The molecule has 0 saturated carbocycles. The van der Waals surface area contributed by atoms with E-state index in [1.165, 1.54) is 24.3 Å². The van der Waals surface area contributed by atoms with Crippen molar-refractivity contribution in [2.24, 2.45) is 11.8 Å². The van der Waals surface area contributed by atoms with Crippen LogP contribution in [-0.2, 0) is 9.47 Å². The summed E-state index contributed by atoms with van der Waals surface area (Å²) < 4.78 is 21.6. The first-order chi connectivity index (χ1) is 17.4. The molecule has 0 aliphatic heterocycles.